The molecule has 0 unspecified atom stereocenters. The predicted octanol–water partition coefficient (Wildman–Crippen LogP) is 14.1. The first-order valence-corrected chi connectivity index (χ1v) is 20.1. The molecule has 6 aromatic carbocycles. The topological polar surface area (TPSA) is 9.86 Å². The van der Waals surface area contributed by atoms with Gasteiger partial charge in [-0.05, 0) is 54.8 Å². The van der Waals surface area contributed by atoms with E-state index in [1.165, 1.54) is 107 Å². The molecule has 2 nitrogen and oxygen atoms in total. The third-order valence-corrected chi connectivity index (χ3v) is 13.9. The maximum Gasteiger partial charge on any atom is 0.0556 e. The van der Waals surface area contributed by atoms with Crippen LogP contribution in [0.3, 0.4) is 0 Å². The van der Waals surface area contributed by atoms with Crippen LogP contribution in [0.2, 0.25) is 0 Å². The molecule has 0 spiro atoms. The lowest BCUT2D eigenvalue weighted by Gasteiger charge is -2.19. The van der Waals surface area contributed by atoms with Gasteiger partial charge >= 0.3 is 0 Å². The van der Waals surface area contributed by atoms with Crippen molar-refractivity contribution < 1.29 is 0 Å². The van der Waals surface area contributed by atoms with Gasteiger partial charge in [0, 0.05) is 80.1 Å². The smallest absolute Gasteiger partial charge is 0.0556 e. The molecule has 53 heavy (non-hydrogen) atoms. The highest BCUT2D eigenvalue weighted by Crippen LogP contribution is 2.47. The number of fused-ring (bicyclic) bond motifs is 14. The molecule has 0 amide bonds. The van der Waals surface area contributed by atoms with Crippen molar-refractivity contribution in [3.8, 4) is 22.5 Å². The highest BCUT2D eigenvalue weighted by Gasteiger charge is 2.25. The first-order chi connectivity index (χ1) is 26.3. The number of aromatic nitrogens is 2. The van der Waals surface area contributed by atoms with Crippen LogP contribution in [-0.2, 0) is 12.8 Å². The molecule has 2 aliphatic carbocycles. The van der Waals surface area contributed by atoms with Crippen molar-refractivity contribution in [1.82, 2.24) is 9.13 Å². The lowest BCUT2D eigenvalue weighted by Crippen LogP contribution is -2.04. The number of rotatable bonds is 3. The van der Waals surface area contributed by atoms with Gasteiger partial charge in [0.2, 0.25) is 0 Å². The number of nitrogens with zero attached hydrogens (tertiary/aromatic N) is 2. The SMILES string of the molecule is C1=CCc2c(c3c4sc5ccccc5c4ccc3n2-c2ccccc2-c2ccccc2-n2c3ccccc3c3c4sc5c(c4ccc32)C=CCC5)C=C1. The van der Waals surface area contributed by atoms with E-state index in [9.17, 15) is 0 Å². The van der Waals surface area contributed by atoms with Crippen molar-refractivity contribution in [2.45, 2.75) is 19.3 Å². The Labute approximate surface area is 314 Å². The molecule has 0 aliphatic heterocycles. The van der Waals surface area contributed by atoms with Gasteiger partial charge in [-0.1, -0.05) is 121 Å². The van der Waals surface area contributed by atoms with Crippen molar-refractivity contribution in [2.24, 2.45) is 0 Å². The van der Waals surface area contributed by atoms with Gasteiger partial charge in [0.05, 0.1) is 27.9 Å². The van der Waals surface area contributed by atoms with E-state index in [1.54, 1.807) is 0 Å². The fraction of sp³-hybridized carbons (Fsp3) is 0.0612. The Morgan fingerprint density at radius 2 is 1.17 bits per heavy atom. The van der Waals surface area contributed by atoms with Gasteiger partial charge in [0.25, 0.3) is 0 Å². The van der Waals surface area contributed by atoms with Crippen molar-refractivity contribution in [2.75, 3.05) is 0 Å². The highest BCUT2D eigenvalue weighted by atomic mass is 32.1. The Balaban J connectivity index is 1.14. The second-order valence-electron chi connectivity index (χ2n) is 14.2. The first-order valence-electron chi connectivity index (χ1n) is 18.5. The predicted molar refractivity (Wildman–Crippen MR) is 231 cm³/mol. The van der Waals surface area contributed by atoms with Gasteiger partial charge in [-0.15, -0.1) is 22.7 Å². The summed E-state index contributed by atoms with van der Waals surface area (Å²) in [7, 11) is 0. The number of allylic oxidation sites excluding steroid dienone is 4. The van der Waals surface area contributed by atoms with E-state index in [0.29, 0.717) is 0 Å². The normalized spacial score (nSPS) is 14.0. The van der Waals surface area contributed by atoms with Crippen LogP contribution >= 0.6 is 22.7 Å². The summed E-state index contributed by atoms with van der Waals surface area (Å²) >= 11 is 3.91. The van der Waals surface area contributed by atoms with Gasteiger partial charge < -0.3 is 9.13 Å². The molecule has 0 radical (unpaired) electrons. The second-order valence-corrected chi connectivity index (χ2v) is 16.4. The molecule has 2 aliphatic rings. The number of para-hydroxylation sites is 3. The molecule has 0 N–H and O–H groups in total. The molecule has 4 heterocycles. The van der Waals surface area contributed by atoms with Gasteiger partial charge in [-0.2, -0.15) is 0 Å². The zero-order chi connectivity index (χ0) is 34.6. The number of benzene rings is 6. The molecule has 0 saturated heterocycles. The van der Waals surface area contributed by atoms with Crippen LogP contribution in [0.25, 0.3) is 97.6 Å². The summed E-state index contributed by atoms with van der Waals surface area (Å²) in [6.07, 6.45) is 16.8. The van der Waals surface area contributed by atoms with Crippen molar-refractivity contribution >= 4 is 97.8 Å². The van der Waals surface area contributed by atoms with E-state index < -0.39 is 0 Å². The quantitative estimate of drug-likeness (QED) is 0.173. The van der Waals surface area contributed by atoms with Crippen LogP contribution < -0.4 is 0 Å². The Bertz CT molecular complexity index is 3260. The summed E-state index contributed by atoms with van der Waals surface area (Å²) in [6, 6.07) is 45.3. The Kier molecular flexibility index (Phi) is 6.30. The summed E-state index contributed by atoms with van der Waals surface area (Å²) in [5.74, 6) is 0. The minimum Gasteiger partial charge on any atom is -0.312 e. The van der Waals surface area contributed by atoms with Crippen LogP contribution in [0.15, 0.2) is 146 Å². The van der Waals surface area contributed by atoms with Gasteiger partial charge in [-0.3, -0.25) is 0 Å². The van der Waals surface area contributed by atoms with Crippen LogP contribution in [0.4, 0.5) is 0 Å². The number of thiophene rings is 2. The van der Waals surface area contributed by atoms with E-state index in [4.69, 9.17) is 0 Å². The van der Waals surface area contributed by atoms with Crippen molar-refractivity contribution in [3.05, 3.63) is 167 Å². The summed E-state index contributed by atoms with van der Waals surface area (Å²) in [4.78, 5) is 1.51. The van der Waals surface area contributed by atoms with Gasteiger partial charge in [0.1, 0.15) is 0 Å². The summed E-state index contributed by atoms with van der Waals surface area (Å²) in [5.41, 5.74) is 12.7. The molecule has 0 bridgehead atoms. The third-order valence-electron chi connectivity index (χ3n) is 11.4. The molecule has 10 aromatic rings. The van der Waals surface area contributed by atoms with Crippen LogP contribution in [0.5, 0.6) is 0 Å². The van der Waals surface area contributed by atoms with Crippen LogP contribution in [0, 0.1) is 0 Å². The molecule has 0 fully saturated rings. The zero-order valence-electron chi connectivity index (χ0n) is 28.8. The van der Waals surface area contributed by atoms with E-state index in [-0.39, 0.29) is 0 Å². The maximum atomic E-state index is 2.56. The average molecular weight is 713 g/mol. The van der Waals surface area contributed by atoms with E-state index in [2.05, 4.69) is 167 Å². The maximum absolute atomic E-state index is 2.56. The molecule has 0 atom stereocenters. The monoisotopic (exact) mass is 712 g/mol. The van der Waals surface area contributed by atoms with E-state index >= 15 is 0 Å². The molecule has 0 saturated carbocycles. The Hall–Kier alpha value is -5.94. The summed E-state index contributed by atoms with van der Waals surface area (Å²) in [6.45, 7) is 0. The van der Waals surface area contributed by atoms with Crippen molar-refractivity contribution in [1.29, 1.82) is 0 Å². The highest BCUT2D eigenvalue weighted by molar-refractivity contribution is 7.26. The Morgan fingerprint density at radius 1 is 0.472 bits per heavy atom. The average Bonchev–Trinajstić information content (AvgIpc) is 3.91. The van der Waals surface area contributed by atoms with Crippen LogP contribution in [-0.4, -0.2) is 9.13 Å². The number of hydrogen-bond donors (Lipinski definition) is 0. The standard InChI is InChI=1S/C49H32N2S2/c1-2-18-36-40(20-3-1)50(42-28-26-34-32-16-7-12-24-44(32)52-48(34)46(36)42)38-21-9-4-14-30(38)31-15-5-10-22-39(31)51-41-23-11-6-19-37(41)47-43(51)29-27-35-33-17-8-13-25-45(33)53-49(35)47/h1-12,14-19,21-24,26-29H,13,20,25H2. The van der Waals surface area contributed by atoms with E-state index in [1.807, 2.05) is 22.7 Å². The zero-order valence-corrected chi connectivity index (χ0v) is 30.5. The lowest BCUT2D eigenvalue weighted by atomic mass is 10.0. The largest absolute Gasteiger partial charge is 0.312 e. The van der Waals surface area contributed by atoms with Gasteiger partial charge in [-0.25, -0.2) is 0 Å². The second kappa shape index (κ2) is 11.3. The lowest BCUT2D eigenvalue weighted by molar-refractivity contribution is 1.00. The molecule has 4 heteroatoms. The minimum atomic E-state index is 0.863. The molecular weight excluding hydrogens is 681 g/mol. The summed E-state index contributed by atoms with van der Waals surface area (Å²) in [5, 5.41) is 8.08. The number of aryl methyl sites for hydroxylation is 1. The molecule has 250 valence electrons. The molecule has 12 rings (SSSR count). The number of hydrogen-bond acceptors (Lipinski definition) is 2. The minimum absolute atomic E-state index is 0.863. The van der Waals surface area contributed by atoms with Crippen molar-refractivity contribution in [3.63, 3.8) is 0 Å². The fourth-order valence-corrected chi connectivity index (χ4v) is 11.8. The van der Waals surface area contributed by atoms with E-state index in [0.717, 1.165) is 19.3 Å². The third kappa shape index (κ3) is 4.13. The summed E-state index contributed by atoms with van der Waals surface area (Å²) < 4.78 is 9.18. The van der Waals surface area contributed by atoms with Crippen LogP contribution in [0.1, 0.15) is 28.1 Å². The first kappa shape index (κ1) is 29.6. The Morgan fingerprint density at radius 3 is 2.04 bits per heavy atom. The molecule has 4 aromatic heterocycles. The fourth-order valence-electron chi connectivity index (χ4n) is 9.21. The molecular formula is C49H32N2S2. The van der Waals surface area contributed by atoms with Gasteiger partial charge in [0.15, 0.2) is 0 Å².